The van der Waals surface area contributed by atoms with Crippen LogP contribution in [0, 0.1) is 20.8 Å². The van der Waals surface area contributed by atoms with Crippen molar-refractivity contribution in [2.45, 2.75) is 53.1 Å². The van der Waals surface area contributed by atoms with Crippen molar-refractivity contribution in [3.8, 4) is 5.75 Å². The summed E-state index contributed by atoms with van der Waals surface area (Å²) >= 11 is 0. The Kier molecular flexibility index (Phi) is 5.06. The fourth-order valence-corrected chi connectivity index (χ4v) is 3.83. The number of hydrogen-bond donors (Lipinski definition) is 1. The van der Waals surface area contributed by atoms with Crippen LogP contribution in [0.3, 0.4) is 0 Å². The van der Waals surface area contributed by atoms with Gasteiger partial charge in [0.15, 0.2) is 5.78 Å². The standard InChI is InChI=1S/C25H27N3O2/c1-15-6-8-18(9-7-15)12-20-16(2)26-17(3)27-24(20)28-19-10-11-23-21(13-19)22(29)14-25(4,5)30-23/h6-11,13H,12,14H2,1-5H3,(H,26,27,28). The number of carbonyl (C=O) groups excluding carboxylic acids is 1. The first kappa shape index (κ1) is 20.1. The number of aromatic nitrogens is 2. The van der Waals surface area contributed by atoms with E-state index in [4.69, 9.17) is 4.74 Å². The highest BCUT2D eigenvalue weighted by Gasteiger charge is 2.32. The molecule has 0 saturated carbocycles. The van der Waals surface area contributed by atoms with Gasteiger partial charge in [0.2, 0.25) is 0 Å². The highest BCUT2D eigenvalue weighted by molar-refractivity contribution is 6.01. The largest absolute Gasteiger partial charge is 0.487 e. The van der Waals surface area contributed by atoms with E-state index >= 15 is 0 Å². The summed E-state index contributed by atoms with van der Waals surface area (Å²) in [6, 6.07) is 14.1. The van der Waals surface area contributed by atoms with Gasteiger partial charge in [0.05, 0.1) is 12.0 Å². The summed E-state index contributed by atoms with van der Waals surface area (Å²) in [6.07, 6.45) is 1.10. The highest BCUT2D eigenvalue weighted by Crippen LogP contribution is 2.35. The zero-order valence-corrected chi connectivity index (χ0v) is 18.2. The minimum absolute atomic E-state index is 0.0971. The Bertz CT molecular complexity index is 1120. The molecule has 5 heteroatoms. The highest BCUT2D eigenvalue weighted by atomic mass is 16.5. The van der Waals surface area contributed by atoms with E-state index in [0.29, 0.717) is 23.6 Å². The molecule has 2 aromatic carbocycles. The molecule has 1 aliphatic rings. The van der Waals surface area contributed by atoms with E-state index in [1.165, 1.54) is 11.1 Å². The van der Waals surface area contributed by atoms with Gasteiger partial charge in [-0.3, -0.25) is 4.79 Å². The van der Waals surface area contributed by atoms with E-state index in [1.807, 2.05) is 45.9 Å². The number of hydrogen-bond acceptors (Lipinski definition) is 5. The van der Waals surface area contributed by atoms with Crippen molar-refractivity contribution in [3.63, 3.8) is 0 Å². The molecule has 154 valence electrons. The second-order valence-electron chi connectivity index (χ2n) is 8.64. The summed E-state index contributed by atoms with van der Waals surface area (Å²) in [5, 5.41) is 3.42. The van der Waals surface area contributed by atoms with Crippen molar-refractivity contribution in [1.29, 1.82) is 0 Å². The molecule has 30 heavy (non-hydrogen) atoms. The number of fused-ring (bicyclic) bond motifs is 1. The summed E-state index contributed by atoms with van der Waals surface area (Å²) in [5.41, 5.74) is 5.39. The molecule has 3 aromatic rings. The third-order valence-electron chi connectivity index (χ3n) is 5.34. The summed E-state index contributed by atoms with van der Waals surface area (Å²) in [5.74, 6) is 2.21. The van der Waals surface area contributed by atoms with Gasteiger partial charge < -0.3 is 10.1 Å². The van der Waals surface area contributed by atoms with Crippen molar-refractivity contribution in [2.24, 2.45) is 0 Å². The molecule has 0 aliphatic carbocycles. The maximum atomic E-state index is 12.6. The number of nitrogens with one attached hydrogen (secondary N) is 1. The van der Waals surface area contributed by atoms with Crippen molar-refractivity contribution in [3.05, 3.63) is 76.2 Å². The molecular formula is C25H27N3O2. The SMILES string of the molecule is Cc1ccc(Cc2c(C)nc(C)nc2Nc2ccc3c(c2)C(=O)CC(C)(C)O3)cc1. The first-order valence-electron chi connectivity index (χ1n) is 10.2. The Balaban J connectivity index is 1.67. The van der Waals surface area contributed by atoms with Crippen LogP contribution < -0.4 is 10.1 Å². The topological polar surface area (TPSA) is 64.1 Å². The van der Waals surface area contributed by atoms with Gasteiger partial charge in [0.1, 0.15) is 23.0 Å². The van der Waals surface area contributed by atoms with Crippen molar-refractivity contribution < 1.29 is 9.53 Å². The number of nitrogens with zero attached hydrogens (tertiary/aromatic N) is 2. The van der Waals surface area contributed by atoms with E-state index in [9.17, 15) is 4.79 Å². The smallest absolute Gasteiger partial charge is 0.170 e. The van der Waals surface area contributed by atoms with Gasteiger partial charge in [-0.15, -0.1) is 0 Å². The Morgan fingerprint density at radius 3 is 2.50 bits per heavy atom. The molecule has 0 atom stereocenters. The second-order valence-corrected chi connectivity index (χ2v) is 8.64. The van der Waals surface area contributed by atoms with Gasteiger partial charge in [-0.1, -0.05) is 29.8 Å². The number of ether oxygens (including phenoxy) is 1. The monoisotopic (exact) mass is 401 g/mol. The number of Topliss-reactive ketones (excluding diaryl/α,β-unsaturated/α-hetero) is 1. The quantitative estimate of drug-likeness (QED) is 0.627. The molecule has 0 fully saturated rings. The van der Waals surface area contributed by atoms with Crippen molar-refractivity contribution in [2.75, 3.05) is 5.32 Å². The van der Waals surface area contributed by atoms with Crippen LogP contribution in [0.15, 0.2) is 42.5 Å². The fourth-order valence-electron chi connectivity index (χ4n) is 3.83. The summed E-state index contributed by atoms with van der Waals surface area (Å²) < 4.78 is 5.97. The predicted molar refractivity (Wildman–Crippen MR) is 119 cm³/mol. The van der Waals surface area contributed by atoms with E-state index in [1.54, 1.807) is 0 Å². The van der Waals surface area contributed by atoms with Crippen molar-refractivity contribution >= 4 is 17.3 Å². The third kappa shape index (κ3) is 4.20. The maximum Gasteiger partial charge on any atom is 0.170 e. The minimum Gasteiger partial charge on any atom is -0.487 e. The van der Waals surface area contributed by atoms with E-state index in [2.05, 4.69) is 46.5 Å². The van der Waals surface area contributed by atoms with Gasteiger partial charge in [-0.25, -0.2) is 9.97 Å². The molecule has 0 amide bonds. The number of anilines is 2. The first-order valence-corrected chi connectivity index (χ1v) is 10.2. The lowest BCUT2D eigenvalue weighted by atomic mass is 9.93. The number of rotatable bonds is 4. The average Bonchev–Trinajstić information content (AvgIpc) is 2.66. The first-order chi connectivity index (χ1) is 14.2. The molecule has 4 rings (SSSR count). The van der Waals surface area contributed by atoms with Crippen LogP contribution >= 0.6 is 0 Å². The zero-order chi connectivity index (χ0) is 21.5. The minimum atomic E-state index is -0.471. The van der Waals surface area contributed by atoms with Gasteiger partial charge in [-0.2, -0.15) is 0 Å². The molecular weight excluding hydrogens is 374 g/mol. The van der Waals surface area contributed by atoms with Crippen LogP contribution in [0.1, 0.15) is 58.8 Å². The Morgan fingerprint density at radius 1 is 1.03 bits per heavy atom. The van der Waals surface area contributed by atoms with Crippen LogP contribution in [0.25, 0.3) is 0 Å². The Morgan fingerprint density at radius 2 is 1.77 bits per heavy atom. The maximum absolute atomic E-state index is 12.6. The molecule has 1 N–H and O–H groups in total. The zero-order valence-electron chi connectivity index (χ0n) is 18.2. The Labute approximate surface area is 177 Å². The lowest BCUT2D eigenvalue weighted by Gasteiger charge is -2.31. The number of benzene rings is 2. The molecule has 1 aliphatic heterocycles. The average molecular weight is 402 g/mol. The predicted octanol–water partition coefficient (Wildman–Crippen LogP) is 5.48. The molecule has 2 heterocycles. The molecule has 0 unspecified atom stereocenters. The fraction of sp³-hybridized carbons (Fsp3) is 0.320. The summed E-state index contributed by atoms with van der Waals surface area (Å²) in [7, 11) is 0. The van der Waals surface area contributed by atoms with Gasteiger partial charge >= 0.3 is 0 Å². The van der Waals surface area contributed by atoms with E-state index in [0.717, 1.165) is 29.2 Å². The number of ketones is 1. The van der Waals surface area contributed by atoms with Crippen LogP contribution in [-0.4, -0.2) is 21.4 Å². The molecule has 0 bridgehead atoms. The van der Waals surface area contributed by atoms with Crippen molar-refractivity contribution in [1.82, 2.24) is 9.97 Å². The van der Waals surface area contributed by atoms with Crippen LogP contribution in [-0.2, 0) is 6.42 Å². The lowest BCUT2D eigenvalue weighted by molar-refractivity contribution is 0.0620. The van der Waals surface area contributed by atoms with Crippen LogP contribution in [0.4, 0.5) is 11.5 Å². The lowest BCUT2D eigenvalue weighted by Crippen LogP contribution is -2.35. The molecule has 0 spiro atoms. The molecule has 1 aromatic heterocycles. The van der Waals surface area contributed by atoms with E-state index < -0.39 is 5.60 Å². The van der Waals surface area contributed by atoms with E-state index in [-0.39, 0.29) is 5.78 Å². The second kappa shape index (κ2) is 7.56. The van der Waals surface area contributed by atoms with Crippen LogP contribution in [0.2, 0.25) is 0 Å². The van der Waals surface area contributed by atoms with Gasteiger partial charge in [0.25, 0.3) is 0 Å². The summed E-state index contributed by atoms with van der Waals surface area (Å²) in [4.78, 5) is 21.8. The van der Waals surface area contributed by atoms with Gasteiger partial charge in [0, 0.05) is 23.4 Å². The number of aryl methyl sites for hydroxylation is 3. The Hall–Kier alpha value is -3.21. The molecule has 5 nitrogen and oxygen atoms in total. The third-order valence-corrected chi connectivity index (χ3v) is 5.34. The normalized spacial score (nSPS) is 14.8. The molecule has 0 saturated heterocycles. The van der Waals surface area contributed by atoms with Crippen LogP contribution in [0.5, 0.6) is 5.75 Å². The molecule has 0 radical (unpaired) electrons. The van der Waals surface area contributed by atoms with Gasteiger partial charge in [-0.05, 0) is 58.4 Å². The summed E-state index contributed by atoms with van der Waals surface area (Å²) in [6.45, 7) is 9.85. The number of carbonyl (C=O) groups is 1.